The quantitative estimate of drug-likeness (QED) is 0.885. The molecule has 0 bridgehead atoms. The molecule has 0 aliphatic rings. The lowest BCUT2D eigenvalue weighted by Gasteiger charge is -2.22. The standard InChI is InChI=1S/C13H16F3N3/c1-8(2)12(7-18)19-10-4-3-9(6-17)11(5-10)13(14,15)16/h3-5,8,12,19H,7,18H2,1-2H3. The van der Waals surface area contributed by atoms with Gasteiger partial charge in [-0.2, -0.15) is 18.4 Å². The SMILES string of the molecule is CC(C)C(CN)Nc1ccc(C#N)c(C(F)(F)F)c1. The van der Waals surface area contributed by atoms with E-state index in [2.05, 4.69) is 5.32 Å². The topological polar surface area (TPSA) is 61.8 Å². The normalized spacial score (nSPS) is 13.2. The molecule has 0 aliphatic carbocycles. The van der Waals surface area contributed by atoms with Gasteiger partial charge in [0.2, 0.25) is 0 Å². The van der Waals surface area contributed by atoms with E-state index in [1.807, 2.05) is 13.8 Å². The van der Waals surface area contributed by atoms with Gasteiger partial charge in [0.05, 0.1) is 17.2 Å². The van der Waals surface area contributed by atoms with Crippen molar-refractivity contribution in [2.75, 3.05) is 11.9 Å². The second-order valence-electron chi connectivity index (χ2n) is 4.60. The lowest BCUT2D eigenvalue weighted by molar-refractivity contribution is -0.137. The van der Waals surface area contributed by atoms with Crippen LogP contribution < -0.4 is 11.1 Å². The Bertz CT molecular complexity index is 475. The van der Waals surface area contributed by atoms with Crippen LogP contribution in [-0.2, 0) is 6.18 Å². The minimum atomic E-state index is -4.54. The van der Waals surface area contributed by atoms with E-state index in [4.69, 9.17) is 11.0 Å². The second-order valence-corrected chi connectivity index (χ2v) is 4.60. The molecular weight excluding hydrogens is 255 g/mol. The maximum atomic E-state index is 12.8. The van der Waals surface area contributed by atoms with E-state index in [1.165, 1.54) is 12.1 Å². The number of halogens is 3. The smallest absolute Gasteiger partial charge is 0.381 e. The summed E-state index contributed by atoms with van der Waals surface area (Å²) in [6.07, 6.45) is -4.54. The lowest BCUT2D eigenvalue weighted by Crippen LogP contribution is -2.33. The van der Waals surface area contributed by atoms with Gasteiger partial charge in [0.25, 0.3) is 0 Å². The zero-order valence-electron chi connectivity index (χ0n) is 10.8. The first-order valence-corrected chi connectivity index (χ1v) is 5.87. The number of nitrogens with zero attached hydrogens (tertiary/aromatic N) is 1. The van der Waals surface area contributed by atoms with E-state index in [-0.39, 0.29) is 17.5 Å². The van der Waals surface area contributed by atoms with E-state index in [1.54, 1.807) is 6.07 Å². The van der Waals surface area contributed by atoms with Crippen molar-refractivity contribution < 1.29 is 13.2 Å². The molecule has 0 amide bonds. The Morgan fingerprint density at radius 3 is 2.42 bits per heavy atom. The van der Waals surface area contributed by atoms with Crippen LogP contribution in [0.15, 0.2) is 18.2 Å². The Labute approximate surface area is 110 Å². The highest BCUT2D eigenvalue weighted by molar-refractivity contribution is 5.53. The summed E-state index contributed by atoms with van der Waals surface area (Å²) < 4.78 is 38.4. The molecule has 1 atom stereocenters. The first-order chi connectivity index (χ1) is 8.79. The van der Waals surface area contributed by atoms with Gasteiger partial charge < -0.3 is 11.1 Å². The van der Waals surface area contributed by atoms with Gasteiger partial charge in [-0.25, -0.2) is 0 Å². The van der Waals surface area contributed by atoms with Gasteiger partial charge in [-0.3, -0.25) is 0 Å². The van der Waals surface area contributed by atoms with Crippen LogP contribution in [-0.4, -0.2) is 12.6 Å². The maximum Gasteiger partial charge on any atom is 0.417 e. The van der Waals surface area contributed by atoms with Crippen LogP contribution in [0.25, 0.3) is 0 Å². The number of nitriles is 1. The lowest BCUT2D eigenvalue weighted by atomic mass is 10.0. The number of hydrogen-bond donors (Lipinski definition) is 2. The molecule has 0 fully saturated rings. The molecule has 3 N–H and O–H groups in total. The fraction of sp³-hybridized carbons (Fsp3) is 0.462. The van der Waals surface area contributed by atoms with Gasteiger partial charge in [-0.05, 0) is 24.1 Å². The molecule has 0 radical (unpaired) electrons. The molecule has 0 spiro atoms. The third kappa shape index (κ3) is 3.86. The van der Waals surface area contributed by atoms with Crippen LogP contribution in [0.5, 0.6) is 0 Å². The third-order valence-electron chi connectivity index (χ3n) is 2.86. The van der Waals surface area contributed by atoms with Crippen molar-refractivity contribution >= 4 is 5.69 Å². The third-order valence-corrected chi connectivity index (χ3v) is 2.86. The van der Waals surface area contributed by atoms with Crippen LogP contribution in [0, 0.1) is 17.2 Å². The first kappa shape index (κ1) is 15.3. The van der Waals surface area contributed by atoms with Crippen molar-refractivity contribution in [1.29, 1.82) is 5.26 Å². The predicted molar refractivity (Wildman–Crippen MR) is 67.5 cm³/mol. The summed E-state index contributed by atoms with van der Waals surface area (Å²) in [6, 6.07) is 5.00. The van der Waals surface area contributed by atoms with Crippen molar-refractivity contribution in [1.82, 2.24) is 0 Å². The highest BCUT2D eigenvalue weighted by Crippen LogP contribution is 2.33. The van der Waals surface area contributed by atoms with Crippen molar-refractivity contribution in [2.24, 2.45) is 11.7 Å². The van der Waals surface area contributed by atoms with Crippen LogP contribution in [0.2, 0.25) is 0 Å². The van der Waals surface area contributed by atoms with E-state index in [0.29, 0.717) is 12.2 Å². The predicted octanol–water partition coefficient (Wildman–Crippen LogP) is 2.97. The number of rotatable bonds is 4. The van der Waals surface area contributed by atoms with Crippen molar-refractivity contribution in [3.05, 3.63) is 29.3 Å². The molecule has 19 heavy (non-hydrogen) atoms. The molecular formula is C13H16F3N3. The van der Waals surface area contributed by atoms with Gasteiger partial charge in [0.1, 0.15) is 0 Å². The summed E-state index contributed by atoms with van der Waals surface area (Å²) >= 11 is 0. The van der Waals surface area contributed by atoms with E-state index in [9.17, 15) is 13.2 Å². The van der Waals surface area contributed by atoms with Gasteiger partial charge in [-0.1, -0.05) is 13.8 Å². The molecule has 0 aliphatic heterocycles. The highest BCUT2D eigenvalue weighted by Gasteiger charge is 2.34. The van der Waals surface area contributed by atoms with E-state index < -0.39 is 11.7 Å². The molecule has 104 valence electrons. The van der Waals surface area contributed by atoms with Crippen LogP contribution >= 0.6 is 0 Å². The van der Waals surface area contributed by atoms with Gasteiger partial charge in [0, 0.05) is 18.3 Å². The first-order valence-electron chi connectivity index (χ1n) is 5.87. The average Bonchev–Trinajstić information content (AvgIpc) is 2.34. The number of alkyl halides is 3. The fourth-order valence-corrected chi connectivity index (χ4v) is 1.68. The Balaban J connectivity index is 3.09. The Kier molecular flexibility index (Phi) is 4.78. The molecule has 1 aromatic rings. The summed E-state index contributed by atoms with van der Waals surface area (Å²) in [5.74, 6) is 0.190. The summed E-state index contributed by atoms with van der Waals surface area (Å²) in [6.45, 7) is 4.18. The molecule has 0 heterocycles. The largest absolute Gasteiger partial charge is 0.417 e. The molecule has 6 heteroatoms. The van der Waals surface area contributed by atoms with Crippen molar-refractivity contribution in [3.8, 4) is 6.07 Å². The molecule has 0 aromatic heterocycles. The summed E-state index contributed by atoms with van der Waals surface area (Å²) in [5, 5.41) is 11.7. The number of anilines is 1. The average molecular weight is 271 g/mol. The minimum Gasteiger partial charge on any atom is -0.381 e. The Hall–Kier alpha value is -1.74. The Morgan fingerprint density at radius 1 is 1.37 bits per heavy atom. The van der Waals surface area contributed by atoms with Gasteiger partial charge >= 0.3 is 6.18 Å². The molecule has 1 unspecified atom stereocenters. The summed E-state index contributed by atoms with van der Waals surface area (Å²) in [7, 11) is 0. The Morgan fingerprint density at radius 2 is 2.00 bits per heavy atom. The molecule has 1 rings (SSSR count). The monoisotopic (exact) mass is 271 g/mol. The number of nitrogens with one attached hydrogen (secondary N) is 1. The zero-order chi connectivity index (χ0) is 14.6. The zero-order valence-corrected chi connectivity index (χ0v) is 10.8. The van der Waals surface area contributed by atoms with Crippen molar-refractivity contribution in [3.63, 3.8) is 0 Å². The molecule has 0 saturated carbocycles. The maximum absolute atomic E-state index is 12.8. The van der Waals surface area contributed by atoms with E-state index >= 15 is 0 Å². The highest BCUT2D eigenvalue weighted by atomic mass is 19.4. The van der Waals surface area contributed by atoms with E-state index in [0.717, 1.165) is 6.07 Å². The van der Waals surface area contributed by atoms with Gasteiger partial charge in [0.15, 0.2) is 0 Å². The summed E-state index contributed by atoms with van der Waals surface area (Å²) in [4.78, 5) is 0. The molecule has 1 aromatic carbocycles. The van der Waals surface area contributed by atoms with Crippen LogP contribution in [0.4, 0.5) is 18.9 Å². The van der Waals surface area contributed by atoms with Crippen molar-refractivity contribution in [2.45, 2.75) is 26.1 Å². The van der Waals surface area contributed by atoms with Crippen LogP contribution in [0.1, 0.15) is 25.0 Å². The van der Waals surface area contributed by atoms with Crippen LogP contribution in [0.3, 0.4) is 0 Å². The van der Waals surface area contributed by atoms with Gasteiger partial charge in [-0.15, -0.1) is 0 Å². The molecule has 3 nitrogen and oxygen atoms in total. The summed E-state index contributed by atoms with van der Waals surface area (Å²) in [5.41, 5.74) is 4.57. The molecule has 0 saturated heterocycles. The number of nitrogens with two attached hydrogens (primary N) is 1. The second kappa shape index (κ2) is 5.93. The fourth-order valence-electron chi connectivity index (χ4n) is 1.68. The number of hydrogen-bond acceptors (Lipinski definition) is 3. The number of benzene rings is 1. The minimum absolute atomic E-state index is 0.117.